The van der Waals surface area contributed by atoms with Crippen LogP contribution in [0.2, 0.25) is 0 Å². The van der Waals surface area contributed by atoms with Crippen molar-refractivity contribution in [2.24, 2.45) is 0 Å². The quantitative estimate of drug-likeness (QED) is 0.491. The van der Waals surface area contributed by atoms with Gasteiger partial charge in [0.2, 0.25) is 11.9 Å². The zero-order valence-corrected chi connectivity index (χ0v) is 18.2. The molecule has 0 bridgehead atoms. The summed E-state index contributed by atoms with van der Waals surface area (Å²) in [5, 5.41) is 7.38. The Morgan fingerprint density at radius 3 is 2.31 bits per heavy atom. The first-order valence-corrected chi connectivity index (χ1v) is 10.5. The predicted octanol–water partition coefficient (Wildman–Crippen LogP) is 3.07. The van der Waals surface area contributed by atoms with Gasteiger partial charge < -0.3 is 5.32 Å². The van der Waals surface area contributed by atoms with Crippen LogP contribution in [0.25, 0.3) is 17.2 Å². The highest BCUT2D eigenvalue weighted by molar-refractivity contribution is 5.76. The van der Waals surface area contributed by atoms with E-state index in [9.17, 15) is 9.59 Å². The van der Waals surface area contributed by atoms with Gasteiger partial charge >= 0.3 is 0 Å². The van der Waals surface area contributed by atoms with Gasteiger partial charge in [-0.3, -0.25) is 14.2 Å². The van der Waals surface area contributed by atoms with Crippen molar-refractivity contribution in [3.8, 4) is 17.2 Å². The van der Waals surface area contributed by atoms with E-state index in [1.165, 1.54) is 10.6 Å². The van der Waals surface area contributed by atoms with Gasteiger partial charge in [-0.1, -0.05) is 60.7 Å². The Hall–Kier alpha value is -4.00. The molecule has 0 atom stereocenters. The molecule has 162 valence electrons. The molecule has 0 spiro atoms. The third-order valence-electron chi connectivity index (χ3n) is 5.14. The van der Waals surface area contributed by atoms with E-state index in [0.29, 0.717) is 18.2 Å². The van der Waals surface area contributed by atoms with E-state index in [1.807, 2.05) is 80.6 Å². The second-order valence-electron chi connectivity index (χ2n) is 7.66. The Morgan fingerprint density at radius 1 is 0.969 bits per heavy atom. The van der Waals surface area contributed by atoms with E-state index >= 15 is 0 Å². The molecule has 4 aromatic rings. The maximum Gasteiger partial charge on any atom is 0.256 e. The van der Waals surface area contributed by atoms with Crippen molar-refractivity contribution >= 4 is 5.91 Å². The molecule has 0 aliphatic heterocycles. The van der Waals surface area contributed by atoms with Gasteiger partial charge in [-0.2, -0.15) is 5.10 Å². The maximum absolute atomic E-state index is 13.1. The van der Waals surface area contributed by atoms with Crippen LogP contribution < -0.4 is 10.9 Å². The van der Waals surface area contributed by atoms with Crippen molar-refractivity contribution in [1.82, 2.24) is 24.6 Å². The van der Waals surface area contributed by atoms with E-state index in [1.54, 1.807) is 4.68 Å². The van der Waals surface area contributed by atoms with Crippen molar-refractivity contribution in [3.63, 3.8) is 0 Å². The topological polar surface area (TPSA) is 81.8 Å². The number of hydrogen-bond acceptors (Lipinski definition) is 4. The molecule has 0 aliphatic rings. The highest BCUT2D eigenvalue weighted by Gasteiger charge is 2.17. The molecule has 0 radical (unpaired) electrons. The maximum atomic E-state index is 13.1. The highest BCUT2D eigenvalue weighted by atomic mass is 16.2. The van der Waals surface area contributed by atoms with Crippen molar-refractivity contribution in [3.05, 3.63) is 100 Å². The number of nitrogens with zero attached hydrogens (tertiary/aromatic N) is 4. The molecule has 7 heteroatoms. The molecule has 0 aliphatic carbocycles. The molecule has 2 heterocycles. The van der Waals surface area contributed by atoms with Crippen LogP contribution in [-0.4, -0.2) is 31.8 Å². The molecule has 2 aromatic heterocycles. The zero-order chi connectivity index (χ0) is 22.5. The van der Waals surface area contributed by atoms with Crippen LogP contribution in [0.4, 0.5) is 0 Å². The number of carbonyl (C=O) groups is 1. The number of benzene rings is 2. The summed E-state index contributed by atoms with van der Waals surface area (Å²) in [6, 6.07) is 22.8. The Kier molecular flexibility index (Phi) is 6.26. The normalized spacial score (nSPS) is 10.8. The first-order chi connectivity index (χ1) is 15.5. The molecule has 2 aromatic carbocycles. The van der Waals surface area contributed by atoms with Crippen LogP contribution in [0.5, 0.6) is 0 Å². The van der Waals surface area contributed by atoms with Gasteiger partial charge in [0.15, 0.2) is 0 Å². The molecular formula is C25H25N5O2. The lowest BCUT2D eigenvalue weighted by Crippen LogP contribution is -2.35. The van der Waals surface area contributed by atoms with Gasteiger partial charge in [-0.25, -0.2) is 9.67 Å². The van der Waals surface area contributed by atoms with Crippen molar-refractivity contribution in [1.29, 1.82) is 0 Å². The molecule has 0 unspecified atom stereocenters. The number of carbonyl (C=O) groups excluding carboxylic acids is 1. The smallest absolute Gasteiger partial charge is 0.256 e. The number of aryl methyl sites for hydroxylation is 2. The van der Waals surface area contributed by atoms with Crippen LogP contribution in [-0.2, 0) is 17.8 Å². The molecule has 32 heavy (non-hydrogen) atoms. The molecule has 0 saturated heterocycles. The van der Waals surface area contributed by atoms with E-state index in [0.717, 1.165) is 28.9 Å². The lowest BCUT2D eigenvalue weighted by atomic mass is 10.1. The van der Waals surface area contributed by atoms with Gasteiger partial charge in [-0.15, -0.1) is 0 Å². The lowest BCUT2D eigenvalue weighted by molar-refractivity contribution is -0.121. The van der Waals surface area contributed by atoms with Crippen molar-refractivity contribution < 1.29 is 4.79 Å². The fourth-order valence-corrected chi connectivity index (χ4v) is 3.58. The summed E-state index contributed by atoms with van der Waals surface area (Å²) in [6.45, 7) is 4.13. The summed E-state index contributed by atoms with van der Waals surface area (Å²) >= 11 is 0. The summed E-state index contributed by atoms with van der Waals surface area (Å²) in [5.74, 6) is 0.0697. The number of aromatic nitrogens is 4. The Labute approximate surface area is 186 Å². The minimum Gasteiger partial charge on any atom is -0.354 e. The summed E-state index contributed by atoms with van der Waals surface area (Å²) in [5.41, 5.74) is 3.84. The van der Waals surface area contributed by atoms with Gasteiger partial charge in [-0.05, 0) is 31.9 Å². The average Bonchev–Trinajstić information content (AvgIpc) is 3.14. The summed E-state index contributed by atoms with van der Waals surface area (Å²) in [6.07, 6.45) is 0.719. The Morgan fingerprint density at radius 2 is 1.66 bits per heavy atom. The van der Waals surface area contributed by atoms with Crippen LogP contribution in [0.3, 0.4) is 0 Å². The Bertz CT molecular complexity index is 1280. The molecule has 0 fully saturated rings. The van der Waals surface area contributed by atoms with Gasteiger partial charge in [0.1, 0.15) is 6.54 Å². The minimum atomic E-state index is -0.306. The average molecular weight is 428 g/mol. The first kappa shape index (κ1) is 21.2. The number of amides is 1. The molecular weight excluding hydrogens is 402 g/mol. The molecule has 1 amide bonds. The van der Waals surface area contributed by atoms with Crippen LogP contribution >= 0.6 is 0 Å². The van der Waals surface area contributed by atoms with Gasteiger partial charge in [0, 0.05) is 23.9 Å². The van der Waals surface area contributed by atoms with E-state index in [4.69, 9.17) is 4.98 Å². The van der Waals surface area contributed by atoms with Crippen LogP contribution in [0.1, 0.15) is 17.0 Å². The van der Waals surface area contributed by atoms with E-state index in [-0.39, 0.29) is 18.0 Å². The standard InChI is InChI=1S/C25H25N5O2/c1-18-15-19(2)30(28-18)25-27-22(21-11-7-4-8-12-21)16-24(32)29(25)17-23(31)26-14-13-20-9-5-3-6-10-20/h3-12,15-16H,13-14,17H2,1-2H3,(H,26,31). The molecule has 0 saturated carbocycles. The van der Waals surface area contributed by atoms with Crippen molar-refractivity contribution in [2.75, 3.05) is 6.54 Å². The molecule has 1 N–H and O–H groups in total. The van der Waals surface area contributed by atoms with E-state index < -0.39 is 0 Å². The number of rotatable bonds is 7. The van der Waals surface area contributed by atoms with Crippen LogP contribution in [0, 0.1) is 13.8 Å². The molecule has 7 nitrogen and oxygen atoms in total. The third-order valence-corrected chi connectivity index (χ3v) is 5.14. The SMILES string of the molecule is Cc1cc(C)n(-c2nc(-c3ccccc3)cc(=O)n2CC(=O)NCCc2ccccc2)n1. The minimum absolute atomic E-state index is 0.136. The lowest BCUT2D eigenvalue weighted by Gasteiger charge is -2.14. The van der Waals surface area contributed by atoms with Crippen molar-refractivity contribution in [2.45, 2.75) is 26.8 Å². The summed E-state index contributed by atoms with van der Waals surface area (Å²) < 4.78 is 2.98. The second kappa shape index (κ2) is 9.43. The number of hydrogen-bond donors (Lipinski definition) is 1. The highest BCUT2D eigenvalue weighted by Crippen LogP contribution is 2.17. The third kappa shape index (κ3) is 4.83. The second-order valence-corrected chi connectivity index (χ2v) is 7.66. The fourth-order valence-electron chi connectivity index (χ4n) is 3.58. The summed E-state index contributed by atoms with van der Waals surface area (Å²) in [4.78, 5) is 30.4. The van der Waals surface area contributed by atoms with Crippen LogP contribution in [0.15, 0.2) is 77.6 Å². The predicted molar refractivity (Wildman–Crippen MR) is 124 cm³/mol. The monoisotopic (exact) mass is 427 g/mol. The molecule has 4 rings (SSSR count). The Balaban J connectivity index is 1.62. The van der Waals surface area contributed by atoms with Gasteiger partial charge in [0.25, 0.3) is 5.56 Å². The van der Waals surface area contributed by atoms with Gasteiger partial charge in [0.05, 0.1) is 11.4 Å². The number of nitrogens with one attached hydrogen (secondary N) is 1. The zero-order valence-electron chi connectivity index (χ0n) is 18.2. The van der Waals surface area contributed by atoms with E-state index in [2.05, 4.69) is 10.4 Å². The fraction of sp³-hybridized carbons (Fsp3) is 0.200. The largest absolute Gasteiger partial charge is 0.354 e. The first-order valence-electron chi connectivity index (χ1n) is 10.5. The summed E-state index contributed by atoms with van der Waals surface area (Å²) in [7, 11) is 0.